The molecule has 0 atom stereocenters. The molecular formula is C10H15FO2. The fourth-order valence-corrected chi connectivity index (χ4v) is 2.35. The molecular weight excluding hydrogens is 171 g/mol. The third-order valence-corrected chi connectivity index (χ3v) is 3.48. The van der Waals surface area contributed by atoms with Crippen molar-refractivity contribution in [1.29, 1.82) is 0 Å². The summed E-state index contributed by atoms with van der Waals surface area (Å²) >= 11 is 0. The zero-order chi connectivity index (χ0) is 9.47. The van der Waals surface area contributed by atoms with E-state index in [0.717, 1.165) is 12.8 Å². The SMILES string of the molecule is O=C(O)C1CCC(F)(C2CC2)CC1. The van der Waals surface area contributed by atoms with Gasteiger partial charge in [0.05, 0.1) is 5.92 Å². The lowest BCUT2D eigenvalue weighted by atomic mass is 9.77. The molecule has 0 aromatic rings. The summed E-state index contributed by atoms with van der Waals surface area (Å²) in [4.78, 5) is 10.6. The van der Waals surface area contributed by atoms with Gasteiger partial charge in [-0.1, -0.05) is 0 Å². The quantitative estimate of drug-likeness (QED) is 0.718. The summed E-state index contributed by atoms with van der Waals surface area (Å²) in [6, 6.07) is 0. The molecule has 0 heterocycles. The van der Waals surface area contributed by atoms with E-state index in [2.05, 4.69) is 0 Å². The van der Waals surface area contributed by atoms with Crippen molar-refractivity contribution in [2.75, 3.05) is 0 Å². The van der Waals surface area contributed by atoms with Gasteiger partial charge in [0, 0.05) is 0 Å². The third kappa shape index (κ3) is 1.69. The molecule has 0 unspecified atom stereocenters. The Morgan fingerprint density at radius 3 is 2.15 bits per heavy atom. The number of aliphatic carboxylic acids is 1. The normalized spacial score (nSPS) is 40.2. The first kappa shape index (κ1) is 8.97. The van der Waals surface area contributed by atoms with Crippen molar-refractivity contribution in [2.24, 2.45) is 11.8 Å². The Labute approximate surface area is 77.1 Å². The molecule has 0 aromatic heterocycles. The molecule has 3 heteroatoms. The van der Waals surface area contributed by atoms with Crippen molar-refractivity contribution >= 4 is 5.97 Å². The minimum atomic E-state index is -1.01. The van der Waals surface area contributed by atoms with E-state index in [1.54, 1.807) is 0 Å². The van der Waals surface area contributed by atoms with Crippen LogP contribution in [0.2, 0.25) is 0 Å². The predicted molar refractivity (Wildman–Crippen MR) is 46.2 cm³/mol. The number of carboxylic acid groups (broad SMARTS) is 1. The average Bonchev–Trinajstić information content (AvgIpc) is 2.87. The van der Waals surface area contributed by atoms with Crippen LogP contribution in [0.4, 0.5) is 4.39 Å². The zero-order valence-corrected chi connectivity index (χ0v) is 7.63. The summed E-state index contributed by atoms with van der Waals surface area (Å²) in [6.07, 6.45) is 4.01. The van der Waals surface area contributed by atoms with Gasteiger partial charge >= 0.3 is 5.97 Å². The summed E-state index contributed by atoms with van der Waals surface area (Å²) < 4.78 is 14.0. The Balaban J connectivity index is 1.91. The molecule has 2 rings (SSSR count). The smallest absolute Gasteiger partial charge is 0.306 e. The number of alkyl halides is 1. The van der Waals surface area contributed by atoms with E-state index in [-0.39, 0.29) is 11.8 Å². The Morgan fingerprint density at radius 1 is 1.23 bits per heavy atom. The monoisotopic (exact) mass is 186 g/mol. The highest BCUT2D eigenvalue weighted by molar-refractivity contribution is 5.70. The van der Waals surface area contributed by atoms with E-state index in [1.165, 1.54) is 0 Å². The molecule has 13 heavy (non-hydrogen) atoms. The van der Waals surface area contributed by atoms with Crippen molar-refractivity contribution in [1.82, 2.24) is 0 Å². The highest BCUT2D eigenvalue weighted by Crippen LogP contribution is 2.50. The van der Waals surface area contributed by atoms with Gasteiger partial charge in [0.2, 0.25) is 0 Å². The van der Waals surface area contributed by atoms with Crippen molar-refractivity contribution in [2.45, 2.75) is 44.2 Å². The van der Waals surface area contributed by atoms with E-state index in [1.807, 2.05) is 0 Å². The summed E-state index contributed by atoms with van der Waals surface area (Å²) in [5, 5.41) is 8.74. The molecule has 2 saturated carbocycles. The predicted octanol–water partition coefficient (Wildman–Crippen LogP) is 2.38. The molecule has 0 aliphatic heterocycles. The average molecular weight is 186 g/mol. The fourth-order valence-electron chi connectivity index (χ4n) is 2.35. The van der Waals surface area contributed by atoms with E-state index in [0.29, 0.717) is 25.7 Å². The van der Waals surface area contributed by atoms with Gasteiger partial charge in [0.25, 0.3) is 0 Å². The highest BCUT2D eigenvalue weighted by atomic mass is 19.1. The summed E-state index contributed by atoms with van der Waals surface area (Å²) in [6.45, 7) is 0. The molecule has 0 bridgehead atoms. The lowest BCUT2D eigenvalue weighted by Gasteiger charge is -2.32. The van der Waals surface area contributed by atoms with Gasteiger partial charge in [-0.25, -0.2) is 4.39 Å². The number of halogens is 1. The maximum absolute atomic E-state index is 14.0. The lowest BCUT2D eigenvalue weighted by molar-refractivity contribution is -0.144. The Hall–Kier alpha value is -0.600. The minimum Gasteiger partial charge on any atom is -0.481 e. The van der Waals surface area contributed by atoms with Gasteiger partial charge < -0.3 is 5.11 Å². The zero-order valence-electron chi connectivity index (χ0n) is 7.63. The van der Waals surface area contributed by atoms with Gasteiger partial charge in [-0.2, -0.15) is 0 Å². The summed E-state index contributed by atoms with van der Waals surface area (Å²) in [5.41, 5.74) is -1.01. The molecule has 0 radical (unpaired) electrons. The molecule has 2 aliphatic carbocycles. The van der Waals surface area contributed by atoms with Crippen LogP contribution in [0.15, 0.2) is 0 Å². The van der Waals surface area contributed by atoms with Gasteiger partial charge in [0.15, 0.2) is 0 Å². The minimum absolute atomic E-state index is 0.252. The van der Waals surface area contributed by atoms with Crippen molar-refractivity contribution in [3.63, 3.8) is 0 Å². The second-order valence-electron chi connectivity index (χ2n) is 4.42. The van der Waals surface area contributed by atoms with Crippen molar-refractivity contribution in [3.05, 3.63) is 0 Å². The number of carboxylic acids is 1. The molecule has 0 saturated heterocycles. The van der Waals surface area contributed by atoms with Gasteiger partial charge in [0.1, 0.15) is 5.67 Å². The number of hydrogen-bond acceptors (Lipinski definition) is 1. The Morgan fingerprint density at radius 2 is 1.77 bits per heavy atom. The molecule has 0 amide bonds. The number of carbonyl (C=O) groups is 1. The van der Waals surface area contributed by atoms with Crippen LogP contribution in [-0.4, -0.2) is 16.7 Å². The maximum atomic E-state index is 14.0. The Kier molecular flexibility index (Phi) is 2.05. The first-order valence-electron chi connectivity index (χ1n) is 5.03. The van der Waals surface area contributed by atoms with Crippen LogP contribution in [-0.2, 0) is 4.79 Å². The first-order valence-corrected chi connectivity index (χ1v) is 5.03. The van der Waals surface area contributed by atoms with Crippen LogP contribution in [0, 0.1) is 11.8 Å². The number of rotatable bonds is 2. The lowest BCUT2D eigenvalue weighted by Crippen LogP contribution is -2.34. The molecule has 0 spiro atoms. The van der Waals surface area contributed by atoms with Crippen molar-refractivity contribution in [3.8, 4) is 0 Å². The van der Waals surface area contributed by atoms with Gasteiger partial charge in [-0.05, 0) is 44.4 Å². The van der Waals surface area contributed by atoms with Gasteiger partial charge in [-0.3, -0.25) is 4.79 Å². The van der Waals surface area contributed by atoms with Crippen LogP contribution in [0.3, 0.4) is 0 Å². The Bertz CT molecular complexity index is 215. The molecule has 1 N–H and O–H groups in total. The van der Waals surface area contributed by atoms with Crippen LogP contribution < -0.4 is 0 Å². The topological polar surface area (TPSA) is 37.3 Å². The standard InChI is InChI=1S/C10H15FO2/c11-10(8-1-2-8)5-3-7(4-6-10)9(12)13/h7-8H,1-6H2,(H,12,13). The second-order valence-corrected chi connectivity index (χ2v) is 4.42. The molecule has 74 valence electrons. The maximum Gasteiger partial charge on any atom is 0.306 e. The van der Waals surface area contributed by atoms with Crippen LogP contribution in [0.1, 0.15) is 38.5 Å². The highest BCUT2D eigenvalue weighted by Gasteiger charge is 2.48. The van der Waals surface area contributed by atoms with Crippen LogP contribution in [0.25, 0.3) is 0 Å². The molecule has 0 aromatic carbocycles. The largest absolute Gasteiger partial charge is 0.481 e. The summed E-state index contributed by atoms with van der Waals surface area (Å²) in [7, 11) is 0. The van der Waals surface area contributed by atoms with Crippen molar-refractivity contribution < 1.29 is 14.3 Å². The van der Waals surface area contributed by atoms with Crippen LogP contribution >= 0.6 is 0 Å². The molecule has 2 fully saturated rings. The third-order valence-electron chi connectivity index (χ3n) is 3.48. The molecule has 2 aliphatic rings. The van der Waals surface area contributed by atoms with E-state index in [9.17, 15) is 9.18 Å². The molecule has 2 nitrogen and oxygen atoms in total. The van der Waals surface area contributed by atoms with E-state index < -0.39 is 11.6 Å². The second kappa shape index (κ2) is 2.96. The van der Waals surface area contributed by atoms with Gasteiger partial charge in [-0.15, -0.1) is 0 Å². The van der Waals surface area contributed by atoms with E-state index in [4.69, 9.17) is 5.11 Å². The first-order chi connectivity index (χ1) is 6.12. The van der Waals surface area contributed by atoms with E-state index >= 15 is 0 Å². The van der Waals surface area contributed by atoms with Crippen LogP contribution in [0.5, 0.6) is 0 Å². The number of hydrogen-bond donors (Lipinski definition) is 1. The fraction of sp³-hybridized carbons (Fsp3) is 0.900. The summed E-state index contributed by atoms with van der Waals surface area (Å²) in [5.74, 6) is -0.789.